The number of fused-ring (bicyclic) bond motifs is 1. The summed E-state index contributed by atoms with van der Waals surface area (Å²) in [6.07, 6.45) is -0.871. The second kappa shape index (κ2) is 8.33. The van der Waals surface area contributed by atoms with Crippen LogP contribution in [0.25, 0.3) is 0 Å². The molecule has 0 fully saturated rings. The van der Waals surface area contributed by atoms with Crippen molar-refractivity contribution in [1.29, 1.82) is 0 Å². The molecule has 1 atom stereocenters. The van der Waals surface area contributed by atoms with Crippen molar-refractivity contribution < 1.29 is 28.5 Å². The molecule has 0 aromatic heterocycles. The number of hydrogen-bond donors (Lipinski definition) is 2. The fourth-order valence-corrected chi connectivity index (χ4v) is 3.13. The van der Waals surface area contributed by atoms with E-state index in [0.717, 1.165) is 0 Å². The number of halogens is 1. The average molecular weight is 484 g/mol. The van der Waals surface area contributed by atoms with E-state index in [9.17, 15) is 9.59 Å². The van der Waals surface area contributed by atoms with E-state index in [1.165, 1.54) is 14.2 Å². The van der Waals surface area contributed by atoms with Gasteiger partial charge in [0, 0.05) is 3.57 Å². The van der Waals surface area contributed by atoms with Crippen LogP contribution in [0.15, 0.2) is 36.4 Å². The van der Waals surface area contributed by atoms with E-state index in [1.54, 1.807) is 30.3 Å². The Balaban J connectivity index is 1.63. The molecule has 2 amide bonds. The Hall–Kier alpha value is -2.69. The SMILES string of the molecule is COc1cc(I)c(C(=O)NNC(=O)C2COc3ccccc3O2)cc1OC. The fraction of sp³-hybridized carbons (Fsp3) is 0.222. The maximum absolute atomic E-state index is 12.4. The van der Waals surface area contributed by atoms with Gasteiger partial charge >= 0.3 is 0 Å². The molecule has 0 aliphatic carbocycles. The minimum atomic E-state index is -0.871. The Labute approximate surface area is 169 Å². The molecule has 2 aromatic rings. The highest BCUT2D eigenvalue weighted by atomic mass is 127. The monoisotopic (exact) mass is 484 g/mol. The number of para-hydroxylation sites is 2. The first kappa shape index (κ1) is 19.1. The molecule has 3 rings (SSSR count). The molecule has 1 aliphatic heterocycles. The van der Waals surface area contributed by atoms with Crippen LogP contribution in [0, 0.1) is 3.57 Å². The van der Waals surface area contributed by atoms with E-state index >= 15 is 0 Å². The molecule has 142 valence electrons. The van der Waals surface area contributed by atoms with Crippen molar-refractivity contribution in [2.45, 2.75) is 6.10 Å². The highest BCUT2D eigenvalue weighted by Gasteiger charge is 2.27. The van der Waals surface area contributed by atoms with Gasteiger partial charge < -0.3 is 18.9 Å². The summed E-state index contributed by atoms with van der Waals surface area (Å²) in [6, 6.07) is 10.3. The molecule has 0 bridgehead atoms. The van der Waals surface area contributed by atoms with Crippen molar-refractivity contribution in [1.82, 2.24) is 10.9 Å². The summed E-state index contributed by atoms with van der Waals surface area (Å²) in [5.74, 6) is 0.957. The minimum Gasteiger partial charge on any atom is -0.493 e. The Morgan fingerprint density at radius 2 is 1.74 bits per heavy atom. The van der Waals surface area contributed by atoms with E-state index in [2.05, 4.69) is 10.9 Å². The van der Waals surface area contributed by atoms with E-state index in [0.29, 0.717) is 32.1 Å². The van der Waals surface area contributed by atoms with E-state index < -0.39 is 17.9 Å². The van der Waals surface area contributed by atoms with E-state index in [4.69, 9.17) is 18.9 Å². The highest BCUT2D eigenvalue weighted by Crippen LogP contribution is 2.32. The van der Waals surface area contributed by atoms with Gasteiger partial charge in [-0.2, -0.15) is 0 Å². The summed E-state index contributed by atoms with van der Waals surface area (Å²) >= 11 is 2.00. The zero-order valence-electron chi connectivity index (χ0n) is 14.6. The molecule has 0 saturated heterocycles. The third-order valence-corrected chi connectivity index (χ3v) is 4.71. The van der Waals surface area contributed by atoms with Crippen molar-refractivity contribution >= 4 is 34.4 Å². The highest BCUT2D eigenvalue weighted by molar-refractivity contribution is 14.1. The van der Waals surface area contributed by atoms with Crippen LogP contribution < -0.4 is 29.8 Å². The van der Waals surface area contributed by atoms with Crippen LogP contribution in [0.1, 0.15) is 10.4 Å². The van der Waals surface area contributed by atoms with Gasteiger partial charge in [0.15, 0.2) is 23.0 Å². The maximum atomic E-state index is 12.4. The predicted octanol–water partition coefficient (Wildman–Crippen LogP) is 1.91. The number of hydrogen-bond acceptors (Lipinski definition) is 6. The lowest BCUT2D eigenvalue weighted by Crippen LogP contribution is -2.50. The van der Waals surface area contributed by atoms with Gasteiger partial charge in [-0.25, -0.2) is 0 Å². The molecule has 27 heavy (non-hydrogen) atoms. The summed E-state index contributed by atoms with van der Waals surface area (Å²) < 4.78 is 22.1. The van der Waals surface area contributed by atoms with Gasteiger partial charge in [0.1, 0.15) is 6.61 Å². The zero-order valence-corrected chi connectivity index (χ0v) is 16.7. The Kier molecular flexibility index (Phi) is 5.89. The quantitative estimate of drug-likeness (QED) is 0.509. The molecule has 2 N–H and O–H groups in total. The van der Waals surface area contributed by atoms with Gasteiger partial charge in [-0.15, -0.1) is 0 Å². The standard InChI is InChI=1S/C18H17IN2O6/c1-24-14-7-10(11(19)8-15(14)25-2)17(22)20-21-18(23)16-9-26-12-5-3-4-6-13(12)27-16/h3-8,16H,9H2,1-2H3,(H,20,22)(H,21,23). The van der Waals surface area contributed by atoms with E-state index in [-0.39, 0.29) is 6.61 Å². The van der Waals surface area contributed by atoms with Crippen molar-refractivity contribution in [2.24, 2.45) is 0 Å². The van der Waals surface area contributed by atoms with Crippen LogP contribution in [-0.4, -0.2) is 38.7 Å². The smallest absolute Gasteiger partial charge is 0.283 e. The molecule has 1 unspecified atom stereocenters. The van der Waals surface area contributed by atoms with Crippen LogP contribution in [0.2, 0.25) is 0 Å². The number of carbonyl (C=O) groups excluding carboxylic acids is 2. The Bertz CT molecular complexity index is 873. The first-order valence-electron chi connectivity index (χ1n) is 7.93. The van der Waals surface area contributed by atoms with Gasteiger partial charge in [0.25, 0.3) is 11.8 Å². The number of carbonyl (C=O) groups is 2. The molecule has 1 aliphatic rings. The zero-order chi connectivity index (χ0) is 19.4. The molecule has 1 heterocycles. The predicted molar refractivity (Wildman–Crippen MR) is 104 cm³/mol. The lowest BCUT2D eigenvalue weighted by atomic mass is 10.2. The summed E-state index contributed by atoms with van der Waals surface area (Å²) in [5, 5.41) is 0. The number of hydrazine groups is 1. The molecule has 9 heteroatoms. The normalized spacial score (nSPS) is 14.9. The van der Waals surface area contributed by atoms with Gasteiger partial charge in [0.05, 0.1) is 19.8 Å². The Morgan fingerprint density at radius 3 is 2.44 bits per heavy atom. The second-order valence-electron chi connectivity index (χ2n) is 5.49. The number of amides is 2. The number of methoxy groups -OCH3 is 2. The molecule has 2 aromatic carbocycles. The Morgan fingerprint density at radius 1 is 1.07 bits per heavy atom. The van der Waals surface area contributed by atoms with Crippen LogP contribution in [0.5, 0.6) is 23.0 Å². The number of rotatable bonds is 4. The largest absolute Gasteiger partial charge is 0.493 e. The number of benzene rings is 2. The summed E-state index contributed by atoms with van der Waals surface area (Å²) in [7, 11) is 2.99. The van der Waals surface area contributed by atoms with Crippen molar-refractivity contribution in [3.8, 4) is 23.0 Å². The average Bonchev–Trinajstić information content (AvgIpc) is 2.71. The molecule has 0 radical (unpaired) electrons. The van der Waals surface area contributed by atoms with Crippen molar-refractivity contribution in [3.63, 3.8) is 0 Å². The molecular formula is C18H17IN2O6. The summed E-state index contributed by atoms with van der Waals surface area (Å²) in [6.45, 7) is 0.0482. The first-order chi connectivity index (χ1) is 13.0. The topological polar surface area (TPSA) is 95.1 Å². The second-order valence-corrected chi connectivity index (χ2v) is 6.66. The van der Waals surface area contributed by atoms with E-state index in [1.807, 2.05) is 28.7 Å². The number of ether oxygens (including phenoxy) is 4. The minimum absolute atomic E-state index is 0.0482. The molecule has 0 saturated carbocycles. The lowest BCUT2D eigenvalue weighted by Gasteiger charge is -2.25. The molecule has 0 spiro atoms. The van der Waals surface area contributed by atoms with Gasteiger partial charge in [-0.3, -0.25) is 20.4 Å². The van der Waals surface area contributed by atoms with Gasteiger partial charge in [0.2, 0.25) is 6.10 Å². The third-order valence-electron chi connectivity index (χ3n) is 3.82. The van der Waals surface area contributed by atoms with Crippen LogP contribution in [0.3, 0.4) is 0 Å². The fourth-order valence-electron chi connectivity index (χ4n) is 2.44. The number of nitrogens with one attached hydrogen (secondary N) is 2. The maximum Gasteiger partial charge on any atom is 0.283 e. The summed E-state index contributed by atoms with van der Waals surface area (Å²) in [4.78, 5) is 24.7. The third kappa shape index (κ3) is 4.18. The van der Waals surface area contributed by atoms with Crippen LogP contribution in [-0.2, 0) is 4.79 Å². The van der Waals surface area contributed by atoms with Gasteiger partial charge in [-0.05, 0) is 46.9 Å². The van der Waals surface area contributed by atoms with Crippen LogP contribution >= 0.6 is 22.6 Å². The van der Waals surface area contributed by atoms with Gasteiger partial charge in [-0.1, -0.05) is 12.1 Å². The van der Waals surface area contributed by atoms with Crippen LogP contribution in [0.4, 0.5) is 0 Å². The first-order valence-corrected chi connectivity index (χ1v) is 9.01. The lowest BCUT2D eigenvalue weighted by molar-refractivity contribution is -0.131. The van der Waals surface area contributed by atoms with Crippen molar-refractivity contribution in [2.75, 3.05) is 20.8 Å². The molecule has 8 nitrogen and oxygen atoms in total. The summed E-state index contributed by atoms with van der Waals surface area (Å²) in [5.41, 5.74) is 5.06. The molecular weight excluding hydrogens is 467 g/mol. The van der Waals surface area contributed by atoms with Crippen molar-refractivity contribution in [3.05, 3.63) is 45.5 Å².